The van der Waals surface area contributed by atoms with E-state index in [-0.39, 0.29) is 11.8 Å². The Labute approximate surface area is 208 Å². The molecule has 0 spiro atoms. The van der Waals surface area contributed by atoms with E-state index in [2.05, 4.69) is 56.3 Å². The molecule has 0 radical (unpaired) electrons. The molecule has 7 heteroatoms. The van der Waals surface area contributed by atoms with E-state index >= 15 is 0 Å². The summed E-state index contributed by atoms with van der Waals surface area (Å²) in [5, 5.41) is 6.86. The van der Waals surface area contributed by atoms with Gasteiger partial charge in [-0.3, -0.25) is 4.79 Å². The second kappa shape index (κ2) is 10.8. The lowest BCUT2D eigenvalue weighted by Crippen LogP contribution is -2.39. The number of benzene rings is 1. The van der Waals surface area contributed by atoms with Gasteiger partial charge in [0.15, 0.2) is 5.65 Å². The number of nitrogens with zero attached hydrogens (tertiary/aromatic N) is 4. The number of imidazole rings is 1. The van der Waals surface area contributed by atoms with Gasteiger partial charge in [0.05, 0.1) is 6.54 Å². The maximum absolute atomic E-state index is 12.6. The van der Waals surface area contributed by atoms with Crippen molar-refractivity contribution in [3.05, 3.63) is 53.5 Å². The molecule has 1 amide bonds. The molecule has 0 unspecified atom stereocenters. The molecule has 186 valence electrons. The molecule has 1 aliphatic heterocycles. The predicted octanol–water partition coefficient (Wildman–Crippen LogP) is 4.28. The molecule has 1 saturated heterocycles. The predicted molar refractivity (Wildman–Crippen MR) is 141 cm³/mol. The Balaban J connectivity index is 1.09. The monoisotopic (exact) mass is 474 g/mol. The molecular weight excluding hydrogens is 436 g/mol. The van der Waals surface area contributed by atoms with Crippen molar-refractivity contribution >= 4 is 22.8 Å². The second-order valence-corrected chi connectivity index (χ2v) is 10.3. The van der Waals surface area contributed by atoms with Crippen molar-refractivity contribution in [2.75, 3.05) is 31.5 Å². The fraction of sp³-hybridized carbons (Fsp3) is 0.536. The van der Waals surface area contributed by atoms with Crippen LogP contribution < -0.4 is 10.6 Å². The van der Waals surface area contributed by atoms with Crippen molar-refractivity contribution in [1.29, 1.82) is 0 Å². The summed E-state index contributed by atoms with van der Waals surface area (Å²) in [4.78, 5) is 24.3. The van der Waals surface area contributed by atoms with E-state index in [0.717, 1.165) is 73.6 Å². The molecule has 3 aromatic rings. The van der Waals surface area contributed by atoms with Crippen LogP contribution in [0.5, 0.6) is 0 Å². The van der Waals surface area contributed by atoms with Crippen LogP contribution in [0.2, 0.25) is 0 Å². The highest BCUT2D eigenvalue weighted by atomic mass is 16.1. The fourth-order valence-electron chi connectivity index (χ4n) is 5.55. The van der Waals surface area contributed by atoms with Crippen molar-refractivity contribution in [3.8, 4) is 0 Å². The summed E-state index contributed by atoms with van der Waals surface area (Å²) >= 11 is 0. The Morgan fingerprint density at radius 3 is 2.51 bits per heavy atom. The maximum atomic E-state index is 12.6. The smallest absolute Gasteiger partial charge is 0.223 e. The fourth-order valence-corrected chi connectivity index (χ4v) is 5.55. The molecule has 2 aromatic heterocycles. The number of fused-ring (bicyclic) bond motifs is 1. The van der Waals surface area contributed by atoms with Crippen LogP contribution in [-0.2, 0) is 11.3 Å². The van der Waals surface area contributed by atoms with Gasteiger partial charge in [0.1, 0.15) is 11.3 Å². The van der Waals surface area contributed by atoms with E-state index in [0.29, 0.717) is 6.04 Å². The summed E-state index contributed by atoms with van der Waals surface area (Å²) in [5.41, 5.74) is 5.47. The molecule has 1 aliphatic carbocycles. The lowest BCUT2D eigenvalue weighted by Gasteiger charge is -2.29. The summed E-state index contributed by atoms with van der Waals surface area (Å²) in [6, 6.07) is 11.1. The number of carbonyl (C=O) groups excluding carboxylic acids is 1. The number of likely N-dealkylation sites (tertiary alicyclic amines) is 1. The number of hydrogen-bond acceptors (Lipinski definition) is 5. The Morgan fingerprint density at radius 2 is 1.77 bits per heavy atom. The lowest BCUT2D eigenvalue weighted by atomic mass is 9.85. The third-order valence-corrected chi connectivity index (χ3v) is 7.72. The molecule has 0 bridgehead atoms. The van der Waals surface area contributed by atoms with E-state index in [4.69, 9.17) is 4.98 Å². The average Bonchev–Trinajstić information content (AvgIpc) is 3.50. The zero-order chi connectivity index (χ0) is 24.2. The molecule has 1 aromatic carbocycles. The molecule has 35 heavy (non-hydrogen) atoms. The van der Waals surface area contributed by atoms with Gasteiger partial charge in [-0.25, -0.2) is 9.97 Å². The zero-order valence-corrected chi connectivity index (χ0v) is 21.1. The summed E-state index contributed by atoms with van der Waals surface area (Å²) in [7, 11) is 0. The number of carbonyl (C=O) groups is 1. The first-order valence-corrected chi connectivity index (χ1v) is 13.2. The maximum Gasteiger partial charge on any atom is 0.223 e. The van der Waals surface area contributed by atoms with E-state index in [1.165, 1.54) is 31.5 Å². The average molecular weight is 475 g/mol. The van der Waals surface area contributed by atoms with Gasteiger partial charge in [-0.2, -0.15) is 0 Å². The van der Waals surface area contributed by atoms with Crippen molar-refractivity contribution in [3.63, 3.8) is 0 Å². The molecule has 3 heterocycles. The van der Waals surface area contributed by atoms with Gasteiger partial charge >= 0.3 is 0 Å². The Bertz CT molecular complexity index is 1140. The first-order chi connectivity index (χ1) is 17.1. The topological polar surface area (TPSA) is 75.1 Å². The molecular formula is C28H38N6O. The highest BCUT2D eigenvalue weighted by Gasteiger charge is 2.26. The summed E-state index contributed by atoms with van der Waals surface area (Å²) < 4.78 is 2.18. The largest absolute Gasteiger partial charge is 0.382 e. The normalized spacial score (nSPS) is 20.9. The number of hydrogen-bond donors (Lipinski definition) is 2. The number of nitrogens with one attached hydrogen (secondary N) is 2. The van der Waals surface area contributed by atoms with E-state index in [1.54, 1.807) is 0 Å². The van der Waals surface area contributed by atoms with Crippen LogP contribution in [0.25, 0.3) is 11.2 Å². The molecule has 2 fully saturated rings. The highest BCUT2D eigenvalue weighted by molar-refractivity contribution is 5.78. The SMILES string of the molecule is Cc1ccnc2c1nc(C)n2Cc1ccc(NC2CCC(C(=O)NCCN3CCCC3)CC2)cc1. The quantitative estimate of drug-likeness (QED) is 0.510. The molecule has 1 saturated carbocycles. The number of pyridine rings is 1. The number of anilines is 1. The molecule has 0 atom stereocenters. The Hall–Kier alpha value is -2.93. The first kappa shape index (κ1) is 23.8. The van der Waals surface area contributed by atoms with E-state index < -0.39 is 0 Å². The van der Waals surface area contributed by atoms with Gasteiger partial charge < -0.3 is 20.1 Å². The highest BCUT2D eigenvalue weighted by Crippen LogP contribution is 2.27. The van der Waals surface area contributed by atoms with Crippen LogP contribution in [0.1, 0.15) is 55.5 Å². The van der Waals surface area contributed by atoms with Crippen molar-refractivity contribution in [2.24, 2.45) is 5.92 Å². The first-order valence-electron chi connectivity index (χ1n) is 13.2. The molecule has 2 aliphatic rings. The van der Waals surface area contributed by atoms with Gasteiger partial charge in [0.2, 0.25) is 5.91 Å². The van der Waals surface area contributed by atoms with Gasteiger partial charge in [-0.05, 0) is 94.8 Å². The molecule has 7 nitrogen and oxygen atoms in total. The van der Waals surface area contributed by atoms with Gasteiger partial charge in [0.25, 0.3) is 0 Å². The zero-order valence-electron chi connectivity index (χ0n) is 21.1. The van der Waals surface area contributed by atoms with Crippen LogP contribution in [0.4, 0.5) is 5.69 Å². The second-order valence-electron chi connectivity index (χ2n) is 10.3. The van der Waals surface area contributed by atoms with E-state index in [9.17, 15) is 4.79 Å². The van der Waals surface area contributed by atoms with Crippen molar-refractivity contribution < 1.29 is 4.79 Å². The van der Waals surface area contributed by atoms with Crippen LogP contribution in [0.15, 0.2) is 36.5 Å². The number of rotatable bonds is 8. The van der Waals surface area contributed by atoms with Crippen molar-refractivity contribution in [2.45, 2.75) is 65.0 Å². The van der Waals surface area contributed by atoms with Gasteiger partial charge in [0, 0.05) is 36.9 Å². The molecule has 5 rings (SSSR count). The Morgan fingerprint density at radius 1 is 1.03 bits per heavy atom. The van der Waals surface area contributed by atoms with Crippen LogP contribution in [0, 0.1) is 19.8 Å². The summed E-state index contributed by atoms with van der Waals surface area (Å²) in [5.74, 6) is 1.40. The van der Waals surface area contributed by atoms with Gasteiger partial charge in [-0.1, -0.05) is 12.1 Å². The minimum atomic E-state index is 0.166. The van der Waals surface area contributed by atoms with Crippen LogP contribution in [-0.4, -0.2) is 57.6 Å². The molecule has 2 N–H and O–H groups in total. The number of aromatic nitrogens is 3. The van der Waals surface area contributed by atoms with Gasteiger partial charge in [-0.15, -0.1) is 0 Å². The lowest BCUT2D eigenvalue weighted by molar-refractivity contribution is -0.126. The van der Waals surface area contributed by atoms with Crippen LogP contribution >= 0.6 is 0 Å². The minimum absolute atomic E-state index is 0.166. The number of aryl methyl sites for hydroxylation is 2. The third-order valence-electron chi connectivity index (χ3n) is 7.72. The summed E-state index contributed by atoms with van der Waals surface area (Å²) in [6.45, 7) is 9.03. The summed E-state index contributed by atoms with van der Waals surface area (Å²) in [6.07, 6.45) is 8.46. The minimum Gasteiger partial charge on any atom is -0.382 e. The third kappa shape index (κ3) is 5.67. The van der Waals surface area contributed by atoms with Crippen molar-refractivity contribution in [1.82, 2.24) is 24.8 Å². The Kier molecular flexibility index (Phi) is 7.32. The van der Waals surface area contributed by atoms with Crippen LogP contribution in [0.3, 0.4) is 0 Å². The standard InChI is InChI=1S/C28H38N6O/c1-20-13-14-29-27-26(20)31-21(2)34(27)19-22-5-9-24(10-6-22)32-25-11-7-23(8-12-25)28(35)30-15-18-33-16-3-4-17-33/h5-6,9-10,13-14,23,25,32H,3-4,7-8,11-12,15-19H2,1-2H3,(H,30,35). The van der Waals surface area contributed by atoms with E-state index in [1.807, 2.05) is 19.2 Å². The number of amides is 1.